The highest BCUT2D eigenvalue weighted by Crippen LogP contribution is 2.44. The third-order valence-electron chi connectivity index (χ3n) is 6.79. The molecule has 0 spiro atoms. The molecule has 4 rings (SSSR count). The average molecular weight is 385 g/mol. The zero-order valence-corrected chi connectivity index (χ0v) is 17.6. The smallest absolute Gasteiger partial charge is 0.119 e. The topological polar surface area (TPSA) is 20.2 Å². The number of benzene rings is 3. The van der Waals surface area contributed by atoms with Gasteiger partial charge in [-0.2, -0.15) is 0 Å². The number of phenols is 1. The molecule has 0 radical (unpaired) electrons. The Kier molecular flexibility index (Phi) is 6.04. The standard InChI is InChI=1S/C28H32O/c1-20(22-12-6-3-7-13-22)25-18-26(21(2)23-14-8-4-9-15-23)28(27(29)19-25)24-16-10-5-11-17-24/h3-4,6-9,12-15,18-21,24,29H,5,10-11,16-17H2,1-2H3. The molecule has 1 fully saturated rings. The Balaban J connectivity index is 1.81. The summed E-state index contributed by atoms with van der Waals surface area (Å²) < 4.78 is 0. The van der Waals surface area contributed by atoms with E-state index in [4.69, 9.17) is 0 Å². The van der Waals surface area contributed by atoms with Crippen molar-refractivity contribution in [2.24, 2.45) is 0 Å². The highest BCUT2D eigenvalue weighted by Gasteiger charge is 2.26. The number of rotatable bonds is 5. The lowest BCUT2D eigenvalue weighted by Gasteiger charge is -2.29. The summed E-state index contributed by atoms with van der Waals surface area (Å²) in [6.45, 7) is 4.52. The second-order valence-electron chi connectivity index (χ2n) is 8.64. The third kappa shape index (κ3) is 4.24. The minimum absolute atomic E-state index is 0.254. The van der Waals surface area contributed by atoms with Crippen LogP contribution in [0.2, 0.25) is 0 Å². The molecule has 0 bridgehead atoms. The Morgan fingerprint density at radius 1 is 0.690 bits per heavy atom. The molecule has 1 aliphatic rings. The maximum atomic E-state index is 11.2. The minimum Gasteiger partial charge on any atom is -0.508 e. The van der Waals surface area contributed by atoms with Crippen molar-refractivity contribution in [1.29, 1.82) is 0 Å². The van der Waals surface area contributed by atoms with E-state index in [2.05, 4.69) is 80.6 Å². The summed E-state index contributed by atoms with van der Waals surface area (Å²) in [6.07, 6.45) is 6.24. The molecule has 0 heterocycles. The highest BCUT2D eigenvalue weighted by atomic mass is 16.3. The van der Waals surface area contributed by atoms with E-state index in [1.54, 1.807) is 0 Å². The van der Waals surface area contributed by atoms with Gasteiger partial charge in [0.05, 0.1) is 0 Å². The summed E-state index contributed by atoms with van der Waals surface area (Å²) >= 11 is 0. The van der Waals surface area contributed by atoms with Gasteiger partial charge in [-0.3, -0.25) is 0 Å². The van der Waals surface area contributed by atoms with E-state index in [9.17, 15) is 5.11 Å². The predicted molar refractivity (Wildman–Crippen MR) is 122 cm³/mol. The Morgan fingerprint density at radius 3 is 1.83 bits per heavy atom. The van der Waals surface area contributed by atoms with Crippen molar-refractivity contribution in [1.82, 2.24) is 0 Å². The molecular formula is C28H32O. The molecule has 2 atom stereocenters. The summed E-state index contributed by atoms with van der Waals surface area (Å²) in [5, 5.41) is 11.2. The van der Waals surface area contributed by atoms with Crippen LogP contribution in [0.1, 0.15) is 91.5 Å². The van der Waals surface area contributed by atoms with Crippen LogP contribution in [0.5, 0.6) is 5.75 Å². The van der Waals surface area contributed by atoms with Gasteiger partial charge in [-0.15, -0.1) is 0 Å². The fourth-order valence-corrected chi connectivity index (χ4v) is 4.98. The van der Waals surface area contributed by atoms with Crippen LogP contribution >= 0.6 is 0 Å². The van der Waals surface area contributed by atoms with E-state index in [-0.39, 0.29) is 11.8 Å². The van der Waals surface area contributed by atoms with Gasteiger partial charge in [0, 0.05) is 17.4 Å². The van der Waals surface area contributed by atoms with Gasteiger partial charge >= 0.3 is 0 Å². The summed E-state index contributed by atoms with van der Waals surface area (Å²) in [5.74, 6) is 1.49. The second kappa shape index (κ2) is 8.86. The molecule has 1 heteroatoms. The van der Waals surface area contributed by atoms with Crippen molar-refractivity contribution in [3.63, 3.8) is 0 Å². The van der Waals surface area contributed by atoms with Crippen molar-refractivity contribution in [3.8, 4) is 5.75 Å². The van der Waals surface area contributed by atoms with Gasteiger partial charge in [-0.25, -0.2) is 0 Å². The first-order valence-electron chi connectivity index (χ1n) is 11.1. The summed E-state index contributed by atoms with van der Waals surface area (Å²) in [5.41, 5.74) is 6.31. The molecule has 0 amide bonds. The zero-order valence-electron chi connectivity index (χ0n) is 17.6. The van der Waals surface area contributed by atoms with Crippen molar-refractivity contribution in [2.75, 3.05) is 0 Å². The summed E-state index contributed by atoms with van der Waals surface area (Å²) in [4.78, 5) is 0. The molecular weight excluding hydrogens is 352 g/mol. The third-order valence-corrected chi connectivity index (χ3v) is 6.79. The molecule has 150 valence electrons. The first-order valence-corrected chi connectivity index (χ1v) is 11.1. The maximum absolute atomic E-state index is 11.2. The molecule has 3 aromatic carbocycles. The quantitative estimate of drug-likeness (QED) is 0.477. The molecule has 1 N–H and O–H groups in total. The van der Waals surface area contributed by atoms with Crippen LogP contribution in [0.3, 0.4) is 0 Å². The largest absolute Gasteiger partial charge is 0.508 e. The van der Waals surface area contributed by atoms with Crippen LogP contribution in [0.25, 0.3) is 0 Å². The van der Waals surface area contributed by atoms with Crippen LogP contribution in [-0.2, 0) is 0 Å². The van der Waals surface area contributed by atoms with Crippen LogP contribution in [0.4, 0.5) is 0 Å². The number of phenolic OH excluding ortho intramolecular Hbond substituents is 1. The van der Waals surface area contributed by atoms with E-state index >= 15 is 0 Å². The van der Waals surface area contributed by atoms with Crippen molar-refractivity contribution in [3.05, 3.63) is 101 Å². The van der Waals surface area contributed by atoms with Crippen LogP contribution in [0.15, 0.2) is 72.8 Å². The zero-order chi connectivity index (χ0) is 20.2. The van der Waals surface area contributed by atoms with E-state index in [0.717, 1.165) is 0 Å². The molecule has 0 aliphatic heterocycles. The van der Waals surface area contributed by atoms with Gasteiger partial charge in [0.25, 0.3) is 0 Å². The number of hydrogen-bond acceptors (Lipinski definition) is 1. The molecule has 0 saturated heterocycles. The lowest BCUT2D eigenvalue weighted by molar-refractivity contribution is 0.410. The number of hydrogen-bond donors (Lipinski definition) is 1. The molecule has 2 unspecified atom stereocenters. The van der Waals surface area contributed by atoms with Gasteiger partial charge < -0.3 is 5.11 Å². The predicted octanol–water partition coefficient (Wildman–Crippen LogP) is 7.74. The minimum atomic E-state index is 0.254. The molecule has 1 aliphatic carbocycles. The molecule has 1 nitrogen and oxygen atoms in total. The van der Waals surface area contributed by atoms with E-state index < -0.39 is 0 Å². The van der Waals surface area contributed by atoms with Gasteiger partial charge in [0.1, 0.15) is 5.75 Å². The summed E-state index contributed by atoms with van der Waals surface area (Å²) in [6, 6.07) is 25.7. The van der Waals surface area contributed by atoms with Crippen molar-refractivity contribution in [2.45, 2.75) is 63.7 Å². The highest BCUT2D eigenvalue weighted by molar-refractivity contribution is 5.51. The van der Waals surface area contributed by atoms with Crippen molar-refractivity contribution >= 4 is 0 Å². The first kappa shape index (κ1) is 19.8. The lowest BCUT2D eigenvalue weighted by Crippen LogP contribution is -2.11. The lowest BCUT2D eigenvalue weighted by atomic mass is 9.76. The van der Waals surface area contributed by atoms with Crippen LogP contribution in [-0.4, -0.2) is 5.11 Å². The molecule has 3 aromatic rings. The summed E-state index contributed by atoms with van der Waals surface area (Å²) in [7, 11) is 0. The van der Waals surface area contributed by atoms with Gasteiger partial charge in [0.2, 0.25) is 0 Å². The molecule has 29 heavy (non-hydrogen) atoms. The number of aromatic hydroxyl groups is 1. The molecule has 1 saturated carbocycles. The van der Waals surface area contributed by atoms with E-state index in [0.29, 0.717) is 11.7 Å². The Bertz CT molecular complexity index is 923. The van der Waals surface area contributed by atoms with Crippen molar-refractivity contribution < 1.29 is 5.11 Å². The van der Waals surface area contributed by atoms with Gasteiger partial charge in [-0.05, 0) is 47.1 Å². The van der Waals surface area contributed by atoms with E-state index in [1.807, 2.05) is 6.07 Å². The SMILES string of the molecule is CC(c1ccccc1)c1cc(O)c(C2CCCCC2)c(C(C)c2ccccc2)c1. The first-order chi connectivity index (χ1) is 14.1. The normalized spacial score (nSPS) is 17.0. The van der Waals surface area contributed by atoms with Gasteiger partial charge in [-0.1, -0.05) is 99.8 Å². The van der Waals surface area contributed by atoms with E-state index in [1.165, 1.54) is 59.9 Å². The maximum Gasteiger partial charge on any atom is 0.119 e. The van der Waals surface area contributed by atoms with Gasteiger partial charge in [0.15, 0.2) is 0 Å². The fraction of sp³-hybridized carbons (Fsp3) is 0.357. The van der Waals surface area contributed by atoms with Crippen LogP contribution in [0, 0.1) is 0 Å². The Labute approximate surface area is 175 Å². The Morgan fingerprint density at radius 2 is 1.24 bits per heavy atom. The monoisotopic (exact) mass is 384 g/mol. The fourth-order valence-electron chi connectivity index (χ4n) is 4.98. The van der Waals surface area contributed by atoms with Crippen LogP contribution < -0.4 is 0 Å². The molecule has 0 aromatic heterocycles. The average Bonchev–Trinajstić information content (AvgIpc) is 2.79. The Hall–Kier alpha value is -2.54. The second-order valence-corrected chi connectivity index (χ2v) is 8.64.